The number of rotatable bonds is 5. The summed E-state index contributed by atoms with van der Waals surface area (Å²) in [7, 11) is 0. The van der Waals surface area contributed by atoms with Gasteiger partial charge in [-0.1, -0.05) is 11.8 Å². The fraction of sp³-hybridized carbons (Fsp3) is 0.300. The fourth-order valence-corrected chi connectivity index (χ4v) is 4.21. The number of carbonyl (C=O) groups is 2. The lowest BCUT2D eigenvalue weighted by atomic mass is 10.1. The molecule has 1 aromatic heterocycles. The van der Waals surface area contributed by atoms with Crippen molar-refractivity contribution in [3.05, 3.63) is 47.2 Å². The third-order valence-electron chi connectivity index (χ3n) is 4.19. The number of imide groups is 1. The Morgan fingerprint density at radius 2 is 2.00 bits per heavy atom. The first-order valence-electron chi connectivity index (χ1n) is 8.59. The van der Waals surface area contributed by atoms with Gasteiger partial charge in [0.15, 0.2) is 0 Å². The van der Waals surface area contributed by atoms with E-state index in [2.05, 4.69) is 11.1 Å². The van der Waals surface area contributed by atoms with Crippen LogP contribution in [0.2, 0.25) is 0 Å². The minimum Gasteiger partial charge on any atom is -0.494 e. The molecule has 0 aliphatic carbocycles. The maximum absolute atomic E-state index is 12.8. The van der Waals surface area contributed by atoms with Crippen LogP contribution < -0.4 is 9.64 Å². The Bertz CT molecular complexity index is 935. The van der Waals surface area contributed by atoms with Crippen LogP contribution in [-0.4, -0.2) is 28.7 Å². The zero-order valence-electron chi connectivity index (χ0n) is 15.4. The van der Waals surface area contributed by atoms with E-state index in [0.29, 0.717) is 28.6 Å². The number of nitriles is 1. The highest BCUT2D eigenvalue weighted by Gasteiger charge is 2.40. The highest BCUT2D eigenvalue weighted by Crippen LogP contribution is 2.35. The largest absolute Gasteiger partial charge is 0.494 e. The van der Waals surface area contributed by atoms with E-state index >= 15 is 0 Å². The highest BCUT2D eigenvalue weighted by molar-refractivity contribution is 8.00. The van der Waals surface area contributed by atoms with Gasteiger partial charge in [0.25, 0.3) is 0 Å². The average molecular weight is 381 g/mol. The van der Waals surface area contributed by atoms with Crippen molar-refractivity contribution in [3.8, 4) is 11.8 Å². The van der Waals surface area contributed by atoms with Crippen LogP contribution in [0.1, 0.15) is 30.2 Å². The fourth-order valence-electron chi connectivity index (χ4n) is 2.98. The van der Waals surface area contributed by atoms with Crippen LogP contribution in [0.4, 0.5) is 5.69 Å². The molecule has 0 spiro atoms. The van der Waals surface area contributed by atoms with E-state index in [4.69, 9.17) is 4.74 Å². The molecule has 138 valence electrons. The molecule has 1 aromatic carbocycles. The van der Waals surface area contributed by atoms with Crippen LogP contribution in [0.25, 0.3) is 0 Å². The predicted molar refractivity (Wildman–Crippen MR) is 103 cm³/mol. The quantitative estimate of drug-likeness (QED) is 0.738. The van der Waals surface area contributed by atoms with Gasteiger partial charge in [-0.3, -0.25) is 9.59 Å². The Balaban J connectivity index is 1.84. The smallest absolute Gasteiger partial charge is 0.247 e. The standard InChI is InChI=1S/C20H19N3O3S/c1-4-26-15-7-5-14(6-8-15)23-18(24)10-17(20(23)25)27-19-16(11-21)12(2)9-13(3)22-19/h5-9,17H,4,10H2,1-3H3/t17-/m0/s1. The molecule has 1 aliphatic rings. The summed E-state index contributed by atoms with van der Waals surface area (Å²) >= 11 is 1.18. The molecule has 3 rings (SSSR count). The van der Waals surface area contributed by atoms with E-state index in [-0.39, 0.29) is 18.2 Å². The number of nitrogens with zero attached hydrogens (tertiary/aromatic N) is 3. The summed E-state index contributed by atoms with van der Waals surface area (Å²) in [4.78, 5) is 30.9. The summed E-state index contributed by atoms with van der Waals surface area (Å²) in [5.41, 5.74) is 2.55. The minimum atomic E-state index is -0.593. The lowest BCUT2D eigenvalue weighted by molar-refractivity contribution is -0.121. The van der Waals surface area contributed by atoms with E-state index < -0.39 is 5.25 Å². The second kappa shape index (κ2) is 7.80. The third-order valence-corrected chi connectivity index (χ3v) is 5.36. The van der Waals surface area contributed by atoms with Gasteiger partial charge in [-0.15, -0.1) is 0 Å². The van der Waals surface area contributed by atoms with Crippen LogP contribution >= 0.6 is 11.8 Å². The second-order valence-electron chi connectivity index (χ2n) is 6.18. The van der Waals surface area contributed by atoms with Crippen LogP contribution in [-0.2, 0) is 9.59 Å². The maximum Gasteiger partial charge on any atom is 0.247 e. The Kier molecular flexibility index (Phi) is 5.47. The molecule has 27 heavy (non-hydrogen) atoms. The number of aryl methyl sites for hydroxylation is 2. The summed E-state index contributed by atoms with van der Waals surface area (Å²) in [6.45, 7) is 6.11. The summed E-state index contributed by atoms with van der Waals surface area (Å²) < 4.78 is 5.39. The monoisotopic (exact) mass is 381 g/mol. The molecule has 1 atom stereocenters. The van der Waals surface area contributed by atoms with Gasteiger partial charge in [-0.2, -0.15) is 5.26 Å². The van der Waals surface area contributed by atoms with Gasteiger partial charge in [-0.05, 0) is 56.7 Å². The lowest BCUT2D eigenvalue weighted by Gasteiger charge is -2.16. The van der Waals surface area contributed by atoms with Crippen molar-refractivity contribution in [2.75, 3.05) is 11.5 Å². The van der Waals surface area contributed by atoms with E-state index in [1.165, 1.54) is 16.7 Å². The number of carbonyl (C=O) groups excluding carboxylic acids is 2. The molecule has 0 radical (unpaired) electrons. The van der Waals surface area contributed by atoms with E-state index in [9.17, 15) is 14.9 Å². The first-order chi connectivity index (χ1) is 12.9. The molecule has 2 heterocycles. The zero-order chi connectivity index (χ0) is 19.6. The SMILES string of the molecule is CCOc1ccc(N2C(=O)C[C@H](Sc3nc(C)cc(C)c3C#N)C2=O)cc1. The number of pyridine rings is 1. The van der Waals surface area contributed by atoms with Gasteiger partial charge in [-0.25, -0.2) is 9.88 Å². The Labute approximate surface area is 162 Å². The van der Waals surface area contributed by atoms with E-state index in [1.54, 1.807) is 24.3 Å². The Morgan fingerprint density at radius 1 is 1.30 bits per heavy atom. The number of benzene rings is 1. The average Bonchev–Trinajstić information content (AvgIpc) is 2.89. The molecule has 0 bridgehead atoms. The van der Waals surface area contributed by atoms with Gasteiger partial charge in [0, 0.05) is 12.1 Å². The van der Waals surface area contributed by atoms with Gasteiger partial charge in [0.05, 0.1) is 23.1 Å². The summed E-state index contributed by atoms with van der Waals surface area (Å²) in [6.07, 6.45) is 0.0796. The number of amides is 2. The van der Waals surface area contributed by atoms with E-state index in [0.717, 1.165) is 11.3 Å². The molecular formula is C20H19N3O3S. The van der Waals surface area contributed by atoms with Gasteiger partial charge in [0.1, 0.15) is 16.8 Å². The molecule has 0 unspecified atom stereocenters. The van der Waals surface area contributed by atoms with Crippen molar-refractivity contribution in [1.82, 2.24) is 4.98 Å². The van der Waals surface area contributed by atoms with Gasteiger partial charge in [0.2, 0.25) is 11.8 Å². The normalized spacial score (nSPS) is 16.5. The Morgan fingerprint density at radius 3 is 2.63 bits per heavy atom. The molecule has 7 heteroatoms. The number of anilines is 1. The molecule has 1 fully saturated rings. The number of ether oxygens (including phenoxy) is 1. The molecule has 0 N–H and O–H groups in total. The van der Waals surface area contributed by atoms with Crippen molar-refractivity contribution in [2.24, 2.45) is 0 Å². The Hall–Kier alpha value is -2.85. The minimum absolute atomic E-state index is 0.0796. The predicted octanol–water partition coefficient (Wildman–Crippen LogP) is 3.39. The first-order valence-corrected chi connectivity index (χ1v) is 9.47. The van der Waals surface area contributed by atoms with Crippen molar-refractivity contribution >= 4 is 29.3 Å². The molecule has 0 saturated carbocycles. The summed E-state index contributed by atoms with van der Waals surface area (Å²) in [5, 5.41) is 9.31. The van der Waals surface area contributed by atoms with Crippen LogP contribution in [0.5, 0.6) is 5.75 Å². The maximum atomic E-state index is 12.8. The summed E-state index contributed by atoms with van der Waals surface area (Å²) in [5.74, 6) is 0.132. The van der Waals surface area contributed by atoms with Crippen molar-refractivity contribution in [2.45, 2.75) is 37.5 Å². The molecule has 2 amide bonds. The first kappa shape index (κ1) is 18.9. The topological polar surface area (TPSA) is 83.3 Å². The van der Waals surface area contributed by atoms with Gasteiger partial charge >= 0.3 is 0 Å². The van der Waals surface area contributed by atoms with E-state index in [1.807, 2.05) is 26.8 Å². The molecule has 6 nitrogen and oxygen atoms in total. The molecule has 1 saturated heterocycles. The third kappa shape index (κ3) is 3.81. The zero-order valence-corrected chi connectivity index (χ0v) is 16.2. The summed E-state index contributed by atoms with van der Waals surface area (Å²) in [6, 6.07) is 10.8. The van der Waals surface area contributed by atoms with Crippen molar-refractivity contribution < 1.29 is 14.3 Å². The molecular weight excluding hydrogens is 362 g/mol. The van der Waals surface area contributed by atoms with Crippen LogP contribution in [0.3, 0.4) is 0 Å². The number of aromatic nitrogens is 1. The van der Waals surface area contributed by atoms with Crippen molar-refractivity contribution in [1.29, 1.82) is 5.26 Å². The van der Waals surface area contributed by atoms with Gasteiger partial charge < -0.3 is 4.74 Å². The lowest BCUT2D eigenvalue weighted by Crippen LogP contribution is -2.31. The second-order valence-corrected chi connectivity index (χ2v) is 7.37. The number of thioether (sulfide) groups is 1. The van der Waals surface area contributed by atoms with Crippen LogP contribution in [0, 0.1) is 25.2 Å². The molecule has 2 aromatic rings. The highest BCUT2D eigenvalue weighted by atomic mass is 32.2. The number of hydrogen-bond acceptors (Lipinski definition) is 6. The number of hydrogen-bond donors (Lipinski definition) is 0. The van der Waals surface area contributed by atoms with Crippen LogP contribution in [0.15, 0.2) is 35.4 Å². The molecule has 1 aliphatic heterocycles. The van der Waals surface area contributed by atoms with Crippen molar-refractivity contribution in [3.63, 3.8) is 0 Å².